The van der Waals surface area contributed by atoms with Gasteiger partial charge in [-0.05, 0) is 31.4 Å². The Bertz CT molecular complexity index is 563. The van der Waals surface area contributed by atoms with Gasteiger partial charge in [0.2, 0.25) is 0 Å². The molecule has 1 aromatic carbocycles. The third-order valence-corrected chi connectivity index (χ3v) is 5.39. The molecule has 0 unspecified atom stereocenters. The summed E-state index contributed by atoms with van der Waals surface area (Å²) in [7, 11) is 0. The summed E-state index contributed by atoms with van der Waals surface area (Å²) in [6.07, 6.45) is 5.53. The van der Waals surface area contributed by atoms with Crippen LogP contribution < -0.4 is 0 Å². The fourth-order valence-electron chi connectivity index (χ4n) is 4.14. The van der Waals surface area contributed by atoms with Crippen LogP contribution in [0.25, 0.3) is 0 Å². The van der Waals surface area contributed by atoms with Crippen LogP contribution in [-0.4, -0.2) is 53.2 Å². The Morgan fingerprint density at radius 3 is 2.46 bits per heavy atom. The third kappa shape index (κ3) is 3.76. The van der Waals surface area contributed by atoms with Crippen molar-refractivity contribution in [3.63, 3.8) is 0 Å². The van der Waals surface area contributed by atoms with Gasteiger partial charge in [-0.15, -0.1) is 0 Å². The molecule has 1 saturated heterocycles. The lowest BCUT2D eigenvalue weighted by atomic mass is 10.0. The SMILES string of the molecule is OCC[C@H]1CN(Cc2c(F)ccc(F)c2F)CCN1C1CCCC1. The minimum Gasteiger partial charge on any atom is -0.396 e. The van der Waals surface area contributed by atoms with E-state index in [4.69, 9.17) is 0 Å². The highest BCUT2D eigenvalue weighted by molar-refractivity contribution is 5.21. The second-order valence-corrected chi connectivity index (χ2v) is 6.90. The van der Waals surface area contributed by atoms with E-state index in [0.717, 1.165) is 18.7 Å². The van der Waals surface area contributed by atoms with Gasteiger partial charge in [0.25, 0.3) is 0 Å². The van der Waals surface area contributed by atoms with E-state index in [1.54, 1.807) is 0 Å². The van der Waals surface area contributed by atoms with Crippen molar-refractivity contribution in [1.29, 1.82) is 0 Å². The Morgan fingerprint density at radius 2 is 1.75 bits per heavy atom. The van der Waals surface area contributed by atoms with Crippen molar-refractivity contribution in [1.82, 2.24) is 9.80 Å². The Morgan fingerprint density at radius 1 is 1.04 bits per heavy atom. The number of benzene rings is 1. The van der Waals surface area contributed by atoms with E-state index in [9.17, 15) is 18.3 Å². The first-order valence-corrected chi connectivity index (χ1v) is 8.81. The molecule has 1 aliphatic heterocycles. The number of aliphatic hydroxyl groups excluding tert-OH is 1. The summed E-state index contributed by atoms with van der Waals surface area (Å²) in [6, 6.07) is 2.55. The van der Waals surface area contributed by atoms with Crippen molar-refractivity contribution in [2.24, 2.45) is 0 Å². The van der Waals surface area contributed by atoms with Crippen molar-refractivity contribution in [2.75, 3.05) is 26.2 Å². The molecule has 1 heterocycles. The van der Waals surface area contributed by atoms with Crippen molar-refractivity contribution in [3.8, 4) is 0 Å². The molecule has 1 aromatic rings. The van der Waals surface area contributed by atoms with Crippen LogP contribution in [-0.2, 0) is 6.54 Å². The zero-order valence-corrected chi connectivity index (χ0v) is 13.9. The van der Waals surface area contributed by atoms with Crippen LogP contribution in [0.15, 0.2) is 12.1 Å². The zero-order valence-electron chi connectivity index (χ0n) is 13.9. The highest BCUT2D eigenvalue weighted by atomic mass is 19.2. The van der Waals surface area contributed by atoms with Gasteiger partial charge in [-0.3, -0.25) is 9.80 Å². The Balaban J connectivity index is 1.69. The largest absolute Gasteiger partial charge is 0.396 e. The van der Waals surface area contributed by atoms with Crippen LogP contribution in [0, 0.1) is 17.5 Å². The fourth-order valence-corrected chi connectivity index (χ4v) is 4.14. The fraction of sp³-hybridized carbons (Fsp3) is 0.667. The first kappa shape index (κ1) is 17.7. The first-order valence-electron chi connectivity index (χ1n) is 8.81. The van der Waals surface area contributed by atoms with Gasteiger partial charge in [0, 0.05) is 50.4 Å². The Hall–Kier alpha value is -1.11. The predicted octanol–water partition coefficient (Wildman–Crippen LogP) is 2.92. The molecular formula is C18H25F3N2O. The average molecular weight is 342 g/mol. The van der Waals surface area contributed by atoms with Crippen LogP contribution in [0.3, 0.4) is 0 Å². The molecule has 134 valence electrons. The van der Waals surface area contributed by atoms with E-state index < -0.39 is 17.5 Å². The lowest BCUT2D eigenvalue weighted by molar-refractivity contribution is 0.0258. The highest BCUT2D eigenvalue weighted by Crippen LogP contribution is 2.28. The van der Waals surface area contributed by atoms with Crippen molar-refractivity contribution in [2.45, 2.75) is 50.7 Å². The van der Waals surface area contributed by atoms with Gasteiger partial charge in [-0.25, -0.2) is 13.2 Å². The van der Waals surface area contributed by atoms with E-state index in [1.807, 2.05) is 4.90 Å². The molecule has 1 atom stereocenters. The topological polar surface area (TPSA) is 26.7 Å². The molecule has 0 aromatic heterocycles. The Kier molecular flexibility index (Phi) is 5.79. The summed E-state index contributed by atoms with van der Waals surface area (Å²) in [5.41, 5.74) is -0.202. The number of rotatable bonds is 5. The Labute approximate surface area is 141 Å². The summed E-state index contributed by atoms with van der Waals surface area (Å²) < 4.78 is 41.1. The second-order valence-electron chi connectivity index (χ2n) is 6.90. The molecule has 2 fully saturated rings. The lowest BCUT2D eigenvalue weighted by Gasteiger charge is -2.44. The molecule has 3 rings (SSSR count). The minimum absolute atomic E-state index is 0.0653. The van der Waals surface area contributed by atoms with Crippen molar-refractivity contribution in [3.05, 3.63) is 35.1 Å². The summed E-state index contributed by atoms with van der Waals surface area (Å²) in [5.74, 6) is -2.80. The lowest BCUT2D eigenvalue weighted by Crippen LogP contribution is -2.56. The van der Waals surface area contributed by atoms with Crippen molar-refractivity contribution >= 4 is 0 Å². The minimum atomic E-state index is -1.09. The maximum Gasteiger partial charge on any atom is 0.166 e. The molecule has 24 heavy (non-hydrogen) atoms. The van der Waals surface area contributed by atoms with E-state index in [-0.39, 0.29) is 24.8 Å². The van der Waals surface area contributed by atoms with Gasteiger partial charge in [0.1, 0.15) is 5.82 Å². The molecule has 1 saturated carbocycles. The smallest absolute Gasteiger partial charge is 0.166 e. The molecular weight excluding hydrogens is 317 g/mol. The normalized spacial score (nSPS) is 23.9. The number of aliphatic hydroxyl groups is 1. The van der Waals surface area contributed by atoms with E-state index in [1.165, 1.54) is 25.7 Å². The predicted molar refractivity (Wildman–Crippen MR) is 86.0 cm³/mol. The maximum atomic E-state index is 13.9. The van der Waals surface area contributed by atoms with Gasteiger partial charge in [0.15, 0.2) is 11.6 Å². The summed E-state index contributed by atoms with van der Waals surface area (Å²) >= 11 is 0. The molecule has 6 heteroatoms. The second kappa shape index (κ2) is 7.85. The van der Waals surface area contributed by atoms with Crippen LogP contribution in [0.5, 0.6) is 0 Å². The van der Waals surface area contributed by atoms with Gasteiger partial charge in [-0.2, -0.15) is 0 Å². The number of halogens is 3. The third-order valence-electron chi connectivity index (χ3n) is 5.39. The number of nitrogens with zero attached hydrogens (tertiary/aromatic N) is 2. The maximum absolute atomic E-state index is 13.9. The molecule has 0 amide bonds. The molecule has 0 bridgehead atoms. The van der Waals surface area contributed by atoms with Crippen LogP contribution in [0.2, 0.25) is 0 Å². The standard InChI is InChI=1S/C18H25F3N2O/c19-16-5-6-17(20)18(21)15(16)12-22-8-9-23(13-3-1-2-4-13)14(11-22)7-10-24/h5-6,13-14,24H,1-4,7-12H2/t14-/m0/s1. The highest BCUT2D eigenvalue weighted by Gasteiger charge is 2.33. The monoisotopic (exact) mass is 342 g/mol. The van der Waals surface area contributed by atoms with Gasteiger partial charge in [-0.1, -0.05) is 12.8 Å². The molecule has 1 aliphatic carbocycles. The molecule has 0 spiro atoms. The average Bonchev–Trinajstić information content (AvgIpc) is 3.10. The van der Waals surface area contributed by atoms with Crippen LogP contribution in [0.4, 0.5) is 13.2 Å². The zero-order chi connectivity index (χ0) is 17.1. The van der Waals surface area contributed by atoms with Gasteiger partial charge in [0.05, 0.1) is 0 Å². The molecule has 3 nitrogen and oxygen atoms in total. The molecule has 0 radical (unpaired) electrons. The summed E-state index contributed by atoms with van der Waals surface area (Å²) in [6.45, 7) is 2.34. The van der Waals surface area contributed by atoms with Gasteiger partial charge < -0.3 is 5.11 Å². The van der Waals surface area contributed by atoms with Crippen LogP contribution >= 0.6 is 0 Å². The number of hydrogen-bond donors (Lipinski definition) is 1. The quantitative estimate of drug-likeness (QED) is 0.834. The summed E-state index contributed by atoms with van der Waals surface area (Å²) in [5, 5.41) is 9.36. The molecule has 2 aliphatic rings. The van der Waals surface area contributed by atoms with E-state index in [2.05, 4.69) is 4.90 Å². The van der Waals surface area contributed by atoms with E-state index >= 15 is 0 Å². The van der Waals surface area contributed by atoms with E-state index in [0.29, 0.717) is 25.6 Å². The first-order chi connectivity index (χ1) is 11.6. The summed E-state index contributed by atoms with van der Waals surface area (Å²) in [4.78, 5) is 4.42. The number of hydrogen-bond acceptors (Lipinski definition) is 3. The molecule has 1 N–H and O–H groups in total. The van der Waals surface area contributed by atoms with Gasteiger partial charge >= 0.3 is 0 Å². The van der Waals surface area contributed by atoms with Crippen LogP contribution in [0.1, 0.15) is 37.7 Å². The number of piperazine rings is 1. The van der Waals surface area contributed by atoms with Crippen molar-refractivity contribution < 1.29 is 18.3 Å².